The fourth-order valence-electron chi connectivity index (χ4n) is 2.38. The summed E-state index contributed by atoms with van der Waals surface area (Å²) in [5.74, 6) is 1.91. The number of benzene rings is 1. The summed E-state index contributed by atoms with van der Waals surface area (Å²) in [5, 5.41) is 4.68. The lowest BCUT2D eigenvalue weighted by Gasteiger charge is -2.25. The maximum absolute atomic E-state index is 6.14. The normalized spacial score (nSPS) is 23.5. The summed E-state index contributed by atoms with van der Waals surface area (Å²) >= 11 is 6.14. The van der Waals surface area contributed by atoms with E-state index in [0.29, 0.717) is 22.7 Å². The monoisotopic (exact) mass is 278 g/mol. The van der Waals surface area contributed by atoms with Gasteiger partial charge in [-0.05, 0) is 24.5 Å². The number of hydrogen-bond acceptors (Lipinski definition) is 4. The van der Waals surface area contributed by atoms with Crippen molar-refractivity contribution in [2.24, 2.45) is 5.92 Å². The highest BCUT2D eigenvalue weighted by molar-refractivity contribution is 6.33. The van der Waals surface area contributed by atoms with E-state index in [2.05, 4.69) is 17.1 Å². The van der Waals surface area contributed by atoms with Crippen molar-refractivity contribution in [2.45, 2.75) is 19.3 Å². The van der Waals surface area contributed by atoms with Gasteiger partial charge in [-0.1, -0.05) is 35.8 Å². The van der Waals surface area contributed by atoms with Gasteiger partial charge in [0.2, 0.25) is 11.7 Å². The van der Waals surface area contributed by atoms with Crippen LogP contribution in [0.4, 0.5) is 0 Å². The molecule has 2 atom stereocenters. The first-order valence-corrected chi connectivity index (χ1v) is 6.80. The van der Waals surface area contributed by atoms with Gasteiger partial charge in [0, 0.05) is 24.7 Å². The van der Waals surface area contributed by atoms with E-state index < -0.39 is 0 Å². The van der Waals surface area contributed by atoms with Crippen LogP contribution < -0.4 is 0 Å². The van der Waals surface area contributed by atoms with Gasteiger partial charge in [-0.15, -0.1) is 0 Å². The predicted molar refractivity (Wildman–Crippen MR) is 72.1 cm³/mol. The van der Waals surface area contributed by atoms with Gasteiger partial charge < -0.3 is 9.26 Å². The predicted octanol–water partition coefficient (Wildman–Crippen LogP) is 3.53. The van der Waals surface area contributed by atoms with Crippen LogP contribution in [0.15, 0.2) is 28.8 Å². The molecule has 3 rings (SSSR count). The molecule has 0 saturated carbocycles. The van der Waals surface area contributed by atoms with Crippen LogP contribution >= 0.6 is 11.6 Å². The Balaban J connectivity index is 1.89. The number of nitrogens with zero attached hydrogens (tertiary/aromatic N) is 2. The molecule has 1 saturated heterocycles. The second-order valence-electron chi connectivity index (χ2n) is 4.88. The van der Waals surface area contributed by atoms with Gasteiger partial charge in [0.05, 0.1) is 5.02 Å². The fourth-order valence-corrected chi connectivity index (χ4v) is 2.61. The third-order valence-electron chi connectivity index (χ3n) is 3.51. The minimum absolute atomic E-state index is 0.275. The first kappa shape index (κ1) is 12.6. The Bertz CT molecular complexity index is 570. The smallest absolute Gasteiger partial charge is 0.230 e. The molecule has 1 aliphatic heterocycles. The molecule has 0 amide bonds. The van der Waals surface area contributed by atoms with Gasteiger partial charge in [0.15, 0.2) is 0 Å². The fraction of sp³-hybridized carbons (Fsp3) is 0.429. The molecule has 4 nitrogen and oxygen atoms in total. The molecule has 5 heteroatoms. The maximum Gasteiger partial charge on any atom is 0.230 e. The molecule has 0 aliphatic carbocycles. The van der Waals surface area contributed by atoms with Gasteiger partial charge in [0.1, 0.15) is 0 Å². The Kier molecular flexibility index (Phi) is 3.53. The van der Waals surface area contributed by atoms with Gasteiger partial charge in [-0.2, -0.15) is 4.98 Å². The molecule has 0 radical (unpaired) electrons. The molecule has 0 N–H and O–H groups in total. The number of halogens is 1. The summed E-state index contributed by atoms with van der Waals surface area (Å²) in [7, 11) is 0. The van der Waals surface area contributed by atoms with Crippen molar-refractivity contribution in [3.05, 3.63) is 35.2 Å². The van der Waals surface area contributed by atoms with Crippen LogP contribution in [0.3, 0.4) is 0 Å². The molecule has 2 aromatic rings. The first-order valence-electron chi connectivity index (χ1n) is 6.42. The van der Waals surface area contributed by atoms with Gasteiger partial charge in [0.25, 0.3) is 0 Å². The van der Waals surface area contributed by atoms with E-state index in [1.54, 1.807) is 0 Å². The first-order chi connectivity index (χ1) is 9.25. The van der Waals surface area contributed by atoms with E-state index in [0.717, 1.165) is 25.2 Å². The number of ether oxygens (including phenoxy) is 1. The molecule has 2 heterocycles. The van der Waals surface area contributed by atoms with Gasteiger partial charge >= 0.3 is 0 Å². The topological polar surface area (TPSA) is 48.2 Å². The molecule has 100 valence electrons. The van der Waals surface area contributed by atoms with Crippen LogP contribution in [0, 0.1) is 5.92 Å². The summed E-state index contributed by atoms with van der Waals surface area (Å²) in [6, 6.07) is 7.51. The van der Waals surface area contributed by atoms with E-state index in [1.807, 2.05) is 24.3 Å². The van der Waals surface area contributed by atoms with Crippen molar-refractivity contribution >= 4 is 11.6 Å². The van der Waals surface area contributed by atoms with Crippen LogP contribution in [0.5, 0.6) is 0 Å². The van der Waals surface area contributed by atoms with Gasteiger partial charge in [-0.25, -0.2) is 0 Å². The van der Waals surface area contributed by atoms with Crippen molar-refractivity contribution in [1.29, 1.82) is 0 Å². The highest BCUT2D eigenvalue weighted by Gasteiger charge is 2.28. The third-order valence-corrected chi connectivity index (χ3v) is 3.84. The zero-order valence-corrected chi connectivity index (χ0v) is 11.4. The molecule has 1 aromatic carbocycles. The zero-order valence-electron chi connectivity index (χ0n) is 10.7. The van der Waals surface area contributed by atoms with Gasteiger partial charge in [-0.3, -0.25) is 0 Å². The van der Waals surface area contributed by atoms with E-state index in [4.69, 9.17) is 20.9 Å². The quantitative estimate of drug-likeness (QED) is 0.843. The lowest BCUT2D eigenvalue weighted by atomic mass is 9.90. The Hall–Kier alpha value is -1.39. The Labute approximate surface area is 116 Å². The Morgan fingerprint density at radius 3 is 2.95 bits per heavy atom. The van der Waals surface area contributed by atoms with Crippen molar-refractivity contribution in [1.82, 2.24) is 10.1 Å². The molecular formula is C14H15ClN2O2. The zero-order chi connectivity index (χ0) is 13.2. The molecule has 0 unspecified atom stereocenters. The van der Waals surface area contributed by atoms with Crippen LogP contribution in [0.25, 0.3) is 11.4 Å². The average Bonchev–Trinajstić information content (AvgIpc) is 2.89. The van der Waals surface area contributed by atoms with Crippen LogP contribution in [0.2, 0.25) is 5.02 Å². The molecule has 0 spiro atoms. The highest BCUT2D eigenvalue weighted by atomic mass is 35.5. The number of rotatable bonds is 2. The van der Waals surface area contributed by atoms with E-state index in [-0.39, 0.29) is 5.92 Å². The minimum Gasteiger partial charge on any atom is -0.381 e. The number of aromatic nitrogens is 2. The Morgan fingerprint density at radius 1 is 1.32 bits per heavy atom. The minimum atomic E-state index is 0.275. The third kappa shape index (κ3) is 2.51. The summed E-state index contributed by atoms with van der Waals surface area (Å²) in [6.45, 7) is 3.64. The molecule has 0 bridgehead atoms. The number of hydrogen-bond donors (Lipinski definition) is 0. The lowest BCUT2D eigenvalue weighted by Crippen LogP contribution is -2.23. The molecule has 1 aromatic heterocycles. The maximum atomic E-state index is 6.14. The summed E-state index contributed by atoms with van der Waals surface area (Å²) < 4.78 is 10.8. The van der Waals surface area contributed by atoms with Crippen molar-refractivity contribution in [3.63, 3.8) is 0 Å². The standard InChI is InChI=1S/C14H15ClN2O2/c1-9-8-18-7-6-10(9)14-16-13(17-19-14)11-4-2-3-5-12(11)15/h2-5,9-10H,6-8H2,1H3/t9-,10-/m1/s1. The second kappa shape index (κ2) is 5.31. The van der Waals surface area contributed by atoms with Crippen molar-refractivity contribution in [3.8, 4) is 11.4 Å². The average molecular weight is 279 g/mol. The van der Waals surface area contributed by atoms with E-state index in [1.165, 1.54) is 0 Å². The molecule has 1 fully saturated rings. The largest absolute Gasteiger partial charge is 0.381 e. The van der Waals surface area contributed by atoms with E-state index >= 15 is 0 Å². The second-order valence-corrected chi connectivity index (χ2v) is 5.29. The molecule has 1 aliphatic rings. The van der Waals surface area contributed by atoms with Crippen molar-refractivity contribution in [2.75, 3.05) is 13.2 Å². The van der Waals surface area contributed by atoms with Crippen LogP contribution in [-0.4, -0.2) is 23.4 Å². The summed E-state index contributed by atoms with van der Waals surface area (Å²) in [5.41, 5.74) is 0.805. The molecular weight excluding hydrogens is 264 g/mol. The Morgan fingerprint density at radius 2 is 2.16 bits per heavy atom. The summed E-state index contributed by atoms with van der Waals surface area (Å²) in [6.07, 6.45) is 0.922. The highest BCUT2D eigenvalue weighted by Crippen LogP contribution is 2.32. The van der Waals surface area contributed by atoms with Crippen LogP contribution in [-0.2, 0) is 4.74 Å². The van der Waals surface area contributed by atoms with E-state index in [9.17, 15) is 0 Å². The lowest BCUT2D eigenvalue weighted by molar-refractivity contribution is 0.0392. The SMILES string of the molecule is C[C@@H]1COCC[C@H]1c1nc(-c2ccccc2Cl)no1. The summed E-state index contributed by atoms with van der Waals surface area (Å²) in [4.78, 5) is 4.50. The van der Waals surface area contributed by atoms with Crippen molar-refractivity contribution < 1.29 is 9.26 Å². The molecule has 19 heavy (non-hydrogen) atoms. The van der Waals surface area contributed by atoms with Crippen LogP contribution in [0.1, 0.15) is 25.2 Å².